The van der Waals surface area contributed by atoms with Crippen LogP contribution >= 0.6 is 24.0 Å². The lowest BCUT2D eigenvalue weighted by Gasteiger charge is -2.26. The molecule has 0 saturated carbocycles. The third-order valence-corrected chi connectivity index (χ3v) is 6.16. The highest BCUT2D eigenvalue weighted by molar-refractivity contribution is 7.99. The number of aliphatic hydroxyl groups is 2. The molecule has 2 unspecified atom stereocenters. The fourth-order valence-electron chi connectivity index (χ4n) is 3.39. The van der Waals surface area contributed by atoms with Crippen LogP contribution < -0.4 is 15.8 Å². The summed E-state index contributed by atoms with van der Waals surface area (Å²) >= 11 is 6.98. The summed E-state index contributed by atoms with van der Waals surface area (Å²) in [6.45, 7) is 0.513. The van der Waals surface area contributed by atoms with Crippen molar-refractivity contribution < 1.29 is 24.4 Å². The molecule has 0 amide bonds. The minimum atomic E-state index is -0.971. The molecule has 2 aliphatic heterocycles. The molecule has 4 atom stereocenters. The summed E-state index contributed by atoms with van der Waals surface area (Å²) in [4.78, 5) is 6.32. The van der Waals surface area contributed by atoms with E-state index in [0.717, 1.165) is 15.5 Å². The van der Waals surface area contributed by atoms with Crippen LogP contribution in [0, 0.1) is 4.77 Å². The van der Waals surface area contributed by atoms with Crippen molar-refractivity contribution in [1.82, 2.24) is 9.55 Å². The van der Waals surface area contributed by atoms with Crippen molar-refractivity contribution in [3.63, 3.8) is 0 Å². The molecule has 1 saturated heterocycles. The van der Waals surface area contributed by atoms with E-state index in [1.807, 2.05) is 24.4 Å². The normalized spacial score (nSPS) is 25.2. The van der Waals surface area contributed by atoms with Crippen LogP contribution in [0.15, 0.2) is 34.2 Å². The Labute approximate surface area is 176 Å². The maximum atomic E-state index is 10.3. The van der Waals surface area contributed by atoms with Gasteiger partial charge in [0, 0.05) is 24.7 Å². The fraction of sp³-hybridized carbons (Fsp3) is 0.444. The van der Waals surface area contributed by atoms with Crippen molar-refractivity contribution in [2.75, 3.05) is 32.2 Å². The van der Waals surface area contributed by atoms with Gasteiger partial charge in [-0.2, -0.15) is 0 Å². The van der Waals surface area contributed by atoms with Crippen LogP contribution in [0.4, 0.5) is 11.5 Å². The van der Waals surface area contributed by atoms with Crippen molar-refractivity contribution >= 4 is 35.5 Å². The van der Waals surface area contributed by atoms with Crippen LogP contribution in [0.2, 0.25) is 0 Å². The number of anilines is 2. The number of rotatable bonds is 6. The standard InChI is InChI=1S/C18H22N4O5S2/c1-25-15-14(24)10(8-23)27-17(15)22-7-12-16(21-18(22)28)20-13-9(26-6-5-19)3-2-4-11(13)29-12/h2-4,7,10,14-15,17,23-24H,5-6,8,19H2,1H3,(H,20,21,28)/t10-,14?,15?,17-/m1/s1. The predicted molar refractivity (Wildman–Crippen MR) is 109 cm³/mol. The molecule has 11 heteroatoms. The van der Waals surface area contributed by atoms with E-state index in [4.69, 9.17) is 32.2 Å². The topological polar surface area (TPSA) is 124 Å². The highest BCUT2D eigenvalue weighted by Gasteiger charge is 2.45. The summed E-state index contributed by atoms with van der Waals surface area (Å²) < 4.78 is 18.8. The molecule has 5 N–H and O–H groups in total. The van der Waals surface area contributed by atoms with Gasteiger partial charge >= 0.3 is 0 Å². The first-order valence-corrected chi connectivity index (χ1v) is 10.3. The molecule has 1 aromatic heterocycles. The zero-order chi connectivity index (χ0) is 20.5. The summed E-state index contributed by atoms with van der Waals surface area (Å²) in [5, 5.41) is 23.1. The van der Waals surface area contributed by atoms with E-state index in [9.17, 15) is 10.2 Å². The lowest BCUT2D eigenvalue weighted by Crippen LogP contribution is -2.34. The number of nitrogens with one attached hydrogen (secondary N) is 1. The van der Waals surface area contributed by atoms with Gasteiger partial charge in [0.15, 0.2) is 6.23 Å². The summed E-state index contributed by atoms with van der Waals surface area (Å²) in [6.07, 6.45) is -1.28. The quantitative estimate of drug-likeness (QED) is 0.420. The van der Waals surface area contributed by atoms with Gasteiger partial charge < -0.3 is 35.5 Å². The maximum absolute atomic E-state index is 10.3. The summed E-state index contributed by atoms with van der Waals surface area (Å²) in [6, 6.07) is 5.76. The zero-order valence-electron chi connectivity index (χ0n) is 15.6. The highest BCUT2D eigenvalue weighted by Crippen LogP contribution is 2.47. The van der Waals surface area contributed by atoms with Gasteiger partial charge in [0.25, 0.3) is 0 Å². The molecular formula is C18H22N4O5S2. The number of aromatic nitrogens is 2. The van der Waals surface area contributed by atoms with E-state index in [-0.39, 0.29) is 11.4 Å². The number of nitrogens with zero attached hydrogens (tertiary/aromatic N) is 2. The Kier molecular flexibility index (Phi) is 6.06. The third kappa shape index (κ3) is 3.75. The number of para-hydroxylation sites is 1. The van der Waals surface area contributed by atoms with Crippen LogP contribution in [-0.4, -0.2) is 64.9 Å². The molecule has 0 aliphatic carbocycles. The van der Waals surface area contributed by atoms with E-state index in [2.05, 4.69) is 10.3 Å². The Hall–Kier alpha value is -1.73. The number of hydrogen-bond donors (Lipinski definition) is 4. The van der Waals surface area contributed by atoms with Gasteiger partial charge in [-0.05, 0) is 24.4 Å². The molecule has 0 spiro atoms. The van der Waals surface area contributed by atoms with Gasteiger partial charge in [-0.25, -0.2) is 4.98 Å². The first-order chi connectivity index (χ1) is 14.1. The van der Waals surface area contributed by atoms with Crippen LogP contribution in [0.25, 0.3) is 0 Å². The molecule has 1 fully saturated rings. The Balaban J connectivity index is 1.67. The Morgan fingerprint density at radius 1 is 1.41 bits per heavy atom. The first kappa shape index (κ1) is 20.5. The van der Waals surface area contributed by atoms with Crippen LogP contribution in [-0.2, 0) is 9.47 Å². The minimum absolute atomic E-state index is 0.262. The Morgan fingerprint density at radius 3 is 2.97 bits per heavy atom. The van der Waals surface area contributed by atoms with Crippen molar-refractivity contribution in [2.24, 2.45) is 5.73 Å². The highest BCUT2D eigenvalue weighted by atomic mass is 32.2. The van der Waals surface area contributed by atoms with E-state index >= 15 is 0 Å². The second kappa shape index (κ2) is 8.56. The van der Waals surface area contributed by atoms with Gasteiger partial charge in [-0.3, -0.25) is 4.57 Å². The van der Waals surface area contributed by atoms with E-state index in [1.165, 1.54) is 18.9 Å². The van der Waals surface area contributed by atoms with Crippen LogP contribution in [0.5, 0.6) is 5.75 Å². The van der Waals surface area contributed by atoms with Gasteiger partial charge in [0.05, 0.1) is 17.2 Å². The molecule has 2 aliphatic rings. The van der Waals surface area contributed by atoms with Gasteiger partial charge in [0.1, 0.15) is 36.5 Å². The number of ether oxygens (including phenoxy) is 3. The third-order valence-electron chi connectivity index (χ3n) is 4.78. The lowest BCUT2D eigenvalue weighted by atomic mass is 10.1. The second-order valence-electron chi connectivity index (χ2n) is 6.58. The van der Waals surface area contributed by atoms with Crippen molar-refractivity contribution in [3.8, 4) is 5.75 Å². The van der Waals surface area contributed by atoms with Crippen molar-refractivity contribution in [2.45, 2.75) is 34.3 Å². The lowest BCUT2D eigenvalue weighted by molar-refractivity contribution is -0.0618. The molecule has 29 heavy (non-hydrogen) atoms. The number of methoxy groups -OCH3 is 1. The fourth-order valence-corrected chi connectivity index (χ4v) is 4.64. The largest absolute Gasteiger partial charge is 0.490 e. The monoisotopic (exact) mass is 438 g/mol. The molecule has 2 aromatic rings. The number of aliphatic hydroxyl groups excluding tert-OH is 2. The minimum Gasteiger partial charge on any atom is -0.490 e. The molecule has 0 bridgehead atoms. The summed E-state index contributed by atoms with van der Waals surface area (Å²) in [5.41, 5.74) is 6.36. The second-order valence-corrected chi connectivity index (χ2v) is 8.02. The average Bonchev–Trinajstić information content (AvgIpc) is 3.05. The van der Waals surface area contributed by atoms with Gasteiger partial charge in [0.2, 0.25) is 4.77 Å². The maximum Gasteiger partial charge on any atom is 0.203 e. The Bertz CT molecular complexity index is 956. The first-order valence-electron chi connectivity index (χ1n) is 9.08. The van der Waals surface area contributed by atoms with Crippen LogP contribution in [0.1, 0.15) is 6.23 Å². The van der Waals surface area contributed by atoms with Gasteiger partial charge in [-0.15, -0.1) is 0 Å². The smallest absolute Gasteiger partial charge is 0.203 e. The predicted octanol–water partition coefficient (Wildman–Crippen LogP) is 1.42. The molecule has 4 rings (SSSR count). The zero-order valence-corrected chi connectivity index (χ0v) is 17.3. The number of fused-ring (bicyclic) bond motifs is 2. The molecule has 156 valence electrons. The van der Waals surface area contributed by atoms with E-state index in [0.29, 0.717) is 24.7 Å². The number of benzene rings is 1. The summed E-state index contributed by atoms with van der Waals surface area (Å²) in [7, 11) is 1.48. The average molecular weight is 439 g/mol. The molecule has 1 aromatic carbocycles. The molecular weight excluding hydrogens is 416 g/mol. The SMILES string of the molecule is COC1C(O)[C@@H](CO)O[C@H]1n1cc2c(nc1=S)Nc1c(OCCN)cccc1S2. The molecule has 9 nitrogen and oxygen atoms in total. The van der Waals surface area contributed by atoms with Crippen molar-refractivity contribution in [1.29, 1.82) is 0 Å². The number of nitrogens with two attached hydrogens (primary N) is 1. The van der Waals surface area contributed by atoms with Crippen LogP contribution in [0.3, 0.4) is 0 Å². The van der Waals surface area contributed by atoms with Crippen molar-refractivity contribution in [3.05, 3.63) is 29.2 Å². The van der Waals surface area contributed by atoms with E-state index in [1.54, 1.807) is 4.57 Å². The van der Waals surface area contributed by atoms with Gasteiger partial charge in [-0.1, -0.05) is 17.8 Å². The van der Waals surface area contributed by atoms with E-state index < -0.39 is 24.5 Å². The number of hydrogen-bond acceptors (Lipinski definition) is 10. The summed E-state index contributed by atoms with van der Waals surface area (Å²) in [5.74, 6) is 1.31. The molecule has 3 heterocycles. The Morgan fingerprint density at radius 2 is 2.24 bits per heavy atom. The molecule has 0 radical (unpaired) electrons.